The van der Waals surface area contributed by atoms with Gasteiger partial charge in [0.25, 0.3) is 0 Å². The van der Waals surface area contributed by atoms with E-state index < -0.39 is 5.60 Å². The Morgan fingerprint density at radius 3 is 1.85 bits per heavy atom. The van der Waals surface area contributed by atoms with Crippen LogP contribution in [0, 0.1) is 0 Å². The van der Waals surface area contributed by atoms with Crippen molar-refractivity contribution in [2.24, 2.45) is 0 Å². The molecule has 0 spiro atoms. The molecule has 3 aromatic carbocycles. The summed E-state index contributed by atoms with van der Waals surface area (Å²) >= 11 is 0. The Bertz CT molecular complexity index is 1020. The first-order valence-electron chi connectivity index (χ1n) is 11.8. The molecule has 3 nitrogen and oxygen atoms in total. The van der Waals surface area contributed by atoms with Gasteiger partial charge in [-0.25, -0.2) is 0 Å². The largest absolute Gasteiger partial charge is 0.389 e. The third kappa shape index (κ3) is 5.50. The first-order valence-corrected chi connectivity index (χ1v) is 11.8. The van der Waals surface area contributed by atoms with Gasteiger partial charge in [0.05, 0.1) is 5.60 Å². The number of para-hydroxylation sites is 2. The van der Waals surface area contributed by atoms with E-state index in [0.717, 1.165) is 51.9 Å². The van der Waals surface area contributed by atoms with Gasteiger partial charge in [-0.3, -0.25) is 0 Å². The molecule has 33 heavy (non-hydrogen) atoms. The number of aliphatic hydroxyl groups is 1. The summed E-state index contributed by atoms with van der Waals surface area (Å²) in [5.41, 5.74) is 5.77. The highest BCUT2D eigenvalue weighted by molar-refractivity contribution is 5.88. The molecule has 172 valence electrons. The van der Waals surface area contributed by atoms with E-state index in [9.17, 15) is 5.11 Å². The van der Waals surface area contributed by atoms with E-state index in [-0.39, 0.29) is 12.4 Å². The summed E-state index contributed by atoms with van der Waals surface area (Å²) in [6.07, 6.45) is 8.01. The molecule has 2 heterocycles. The number of anilines is 2. The van der Waals surface area contributed by atoms with E-state index in [1.54, 1.807) is 0 Å². The summed E-state index contributed by atoms with van der Waals surface area (Å²) in [4.78, 5) is 4.99. The molecule has 3 aromatic rings. The summed E-state index contributed by atoms with van der Waals surface area (Å²) in [5, 5.41) is 11.1. The van der Waals surface area contributed by atoms with Crippen molar-refractivity contribution in [1.82, 2.24) is 4.90 Å². The number of piperidine rings is 1. The highest BCUT2D eigenvalue weighted by Gasteiger charge is 2.32. The molecule has 0 amide bonds. The molecule has 1 fully saturated rings. The molecule has 0 unspecified atom stereocenters. The Balaban J connectivity index is 0.00000259. The van der Waals surface area contributed by atoms with E-state index in [4.69, 9.17) is 0 Å². The van der Waals surface area contributed by atoms with Crippen LogP contribution in [0.4, 0.5) is 11.4 Å². The lowest BCUT2D eigenvalue weighted by Gasteiger charge is -2.38. The number of rotatable bonds is 6. The highest BCUT2D eigenvalue weighted by Crippen LogP contribution is 2.36. The van der Waals surface area contributed by atoms with E-state index in [2.05, 4.69) is 94.7 Å². The maximum Gasteiger partial charge on any atom is 0.0712 e. The van der Waals surface area contributed by atoms with E-state index in [0.29, 0.717) is 0 Å². The first-order chi connectivity index (χ1) is 15.7. The fourth-order valence-corrected chi connectivity index (χ4v) is 5.10. The molecular weight excluding hydrogens is 428 g/mol. The second-order valence-electron chi connectivity index (χ2n) is 9.18. The maximum absolute atomic E-state index is 11.1. The van der Waals surface area contributed by atoms with Gasteiger partial charge in [0, 0.05) is 37.4 Å². The Kier molecular flexibility index (Phi) is 7.54. The summed E-state index contributed by atoms with van der Waals surface area (Å²) in [5.74, 6) is 0. The zero-order valence-corrected chi connectivity index (χ0v) is 19.9. The molecule has 0 bridgehead atoms. The zero-order valence-electron chi connectivity index (χ0n) is 19.1. The molecule has 0 aromatic heterocycles. The molecule has 1 N–H and O–H groups in total. The van der Waals surface area contributed by atoms with Crippen LogP contribution >= 0.6 is 12.4 Å². The number of hydrogen-bond acceptors (Lipinski definition) is 3. The molecule has 4 heteroatoms. The summed E-state index contributed by atoms with van der Waals surface area (Å²) in [6, 6.07) is 27.7. The zero-order chi connectivity index (χ0) is 21.8. The van der Waals surface area contributed by atoms with Crippen molar-refractivity contribution < 1.29 is 5.11 Å². The van der Waals surface area contributed by atoms with Gasteiger partial charge in [0.1, 0.15) is 0 Å². The average Bonchev–Trinajstić information content (AvgIpc) is 2.98. The lowest BCUT2D eigenvalue weighted by molar-refractivity contribution is -0.0206. The van der Waals surface area contributed by atoms with E-state index in [1.165, 1.54) is 28.1 Å². The van der Waals surface area contributed by atoms with Gasteiger partial charge in [0.15, 0.2) is 0 Å². The minimum absolute atomic E-state index is 0. The Labute approximate surface area is 203 Å². The molecule has 2 aliphatic rings. The normalized spacial score (nSPS) is 16.9. The molecule has 0 saturated carbocycles. The predicted molar refractivity (Wildman–Crippen MR) is 141 cm³/mol. The highest BCUT2D eigenvalue weighted by atomic mass is 35.5. The van der Waals surface area contributed by atoms with Gasteiger partial charge in [-0.15, -0.1) is 12.4 Å². The molecular formula is C29H33ClN2O. The number of hydrogen-bond donors (Lipinski definition) is 1. The third-order valence-corrected chi connectivity index (χ3v) is 6.92. The molecule has 1 saturated heterocycles. The van der Waals surface area contributed by atoms with Crippen LogP contribution in [0.3, 0.4) is 0 Å². The number of fused-ring (bicyclic) bond motifs is 2. The van der Waals surface area contributed by atoms with Crippen LogP contribution in [0.2, 0.25) is 0 Å². The topological polar surface area (TPSA) is 26.7 Å². The molecule has 5 rings (SSSR count). The monoisotopic (exact) mass is 460 g/mol. The van der Waals surface area contributed by atoms with Crippen LogP contribution in [0.1, 0.15) is 36.0 Å². The van der Waals surface area contributed by atoms with E-state index >= 15 is 0 Å². The Hall–Kier alpha value is -2.59. The predicted octanol–water partition coefficient (Wildman–Crippen LogP) is 6.19. The van der Waals surface area contributed by atoms with Crippen LogP contribution < -0.4 is 4.90 Å². The summed E-state index contributed by atoms with van der Waals surface area (Å²) in [7, 11) is 0. The lowest BCUT2D eigenvalue weighted by atomic mass is 9.85. The lowest BCUT2D eigenvalue weighted by Crippen LogP contribution is -2.46. The van der Waals surface area contributed by atoms with Crippen molar-refractivity contribution >= 4 is 35.9 Å². The van der Waals surface area contributed by atoms with Crippen molar-refractivity contribution in [3.8, 4) is 0 Å². The molecule has 2 aliphatic heterocycles. The van der Waals surface area contributed by atoms with Crippen molar-refractivity contribution in [2.45, 2.75) is 31.3 Å². The second-order valence-corrected chi connectivity index (χ2v) is 9.18. The van der Waals surface area contributed by atoms with Gasteiger partial charge in [0.2, 0.25) is 0 Å². The van der Waals surface area contributed by atoms with Crippen molar-refractivity contribution in [3.63, 3.8) is 0 Å². The molecule has 0 radical (unpaired) electrons. The minimum Gasteiger partial charge on any atom is -0.389 e. The standard InChI is InChI=1S/C29H32N2O.ClH/c32-29(23-24-9-2-1-3-10-24)17-21-30(22-18-29)19-8-20-31-27-13-6-4-11-25(27)15-16-26-12-5-7-14-28(26)31;/h1-7,9-16,32H,8,17-23H2;1H. The fourth-order valence-electron chi connectivity index (χ4n) is 5.10. The maximum atomic E-state index is 11.1. The van der Waals surface area contributed by atoms with Gasteiger partial charge in [-0.05, 0) is 54.6 Å². The number of likely N-dealkylation sites (tertiary alicyclic amines) is 1. The summed E-state index contributed by atoms with van der Waals surface area (Å²) in [6.45, 7) is 3.99. The van der Waals surface area contributed by atoms with Gasteiger partial charge in [-0.1, -0.05) is 78.9 Å². The quantitative estimate of drug-likeness (QED) is 0.475. The van der Waals surface area contributed by atoms with Crippen molar-refractivity contribution in [3.05, 3.63) is 95.6 Å². The van der Waals surface area contributed by atoms with Crippen molar-refractivity contribution in [1.29, 1.82) is 0 Å². The van der Waals surface area contributed by atoms with Gasteiger partial charge < -0.3 is 14.9 Å². The van der Waals surface area contributed by atoms with Crippen LogP contribution in [-0.2, 0) is 6.42 Å². The Morgan fingerprint density at radius 2 is 1.24 bits per heavy atom. The molecule has 0 aliphatic carbocycles. The van der Waals surface area contributed by atoms with Crippen LogP contribution in [-0.4, -0.2) is 41.8 Å². The summed E-state index contributed by atoms with van der Waals surface area (Å²) < 4.78 is 0. The van der Waals surface area contributed by atoms with Crippen LogP contribution in [0.5, 0.6) is 0 Å². The van der Waals surface area contributed by atoms with E-state index in [1.807, 2.05) is 6.07 Å². The number of nitrogens with zero attached hydrogens (tertiary/aromatic N) is 2. The molecule has 0 atom stereocenters. The number of halogens is 1. The fraction of sp³-hybridized carbons (Fsp3) is 0.310. The van der Waals surface area contributed by atoms with Gasteiger partial charge >= 0.3 is 0 Å². The number of benzene rings is 3. The first kappa shape index (κ1) is 23.6. The third-order valence-electron chi connectivity index (χ3n) is 6.92. The van der Waals surface area contributed by atoms with Crippen molar-refractivity contribution in [2.75, 3.05) is 31.1 Å². The van der Waals surface area contributed by atoms with Crippen LogP contribution in [0.15, 0.2) is 78.9 Å². The minimum atomic E-state index is -0.563. The smallest absolute Gasteiger partial charge is 0.0712 e. The van der Waals surface area contributed by atoms with Gasteiger partial charge in [-0.2, -0.15) is 0 Å². The Morgan fingerprint density at radius 1 is 0.697 bits per heavy atom. The SMILES string of the molecule is Cl.OC1(Cc2ccccc2)CCN(CCCN2c3ccccc3C=Cc3ccccc32)CC1. The van der Waals surface area contributed by atoms with Crippen LogP contribution in [0.25, 0.3) is 12.2 Å². The average molecular weight is 461 g/mol. The second kappa shape index (κ2) is 10.6.